The van der Waals surface area contributed by atoms with E-state index in [1.165, 1.54) is 0 Å². The van der Waals surface area contributed by atoms with E-state index in [0.29, 0.717) is 0 Å². The van der Waals surface area contributed by atoms with Crippen LogP contribution in [0.1, 0.15) is 6.42 Å². The highest BCUT2D eigenvalue weighted by Gasteiger charge is 2.41. The van der Waals surface area contributed by atoms with Gasteiger partial charge in [0.05, 0.1) is 13.2 Å². The Morgan fingerprint density at radius 1 is 0.824 bits per heavy atom. The molecule has 0 heterocycles. The van der Waals surface area contributed by atoms with E-state index in [0.717, 1.165) is 0 Å². The van der Waals surface area contributed by atoms with Gasteiger partial charge in [0.25, 0.3) is 11.3 Å². The zero-order valence-corrected chi connectivity index (χ0v) is 9.63. The Labute approximate surface area is 103 Å². The van der Waals surface area contributed by atoms with Crippen LogP contribution in [0, 0.1) is 0 Å². The van der Waals surface area contributed by atoms with Crippen LogP contribution in [0.4, 0.5) is 26.3 Å². The minimum atomic E-state index is -4.22. The maximum Gasteiger partial charge on any atom is 0.400 e. The molecular weight excluding hydrogens is 301 g/mol. The summed E-state index contributed by atoms with van der Waals surface area (Å²) in [5.74, 6) is 0. The summed E-state index contributed by atoms with van der Waals surface area (Å²) < 4.78 is 80.6. The summed E-state index contributed by atoms with van der Waals surface area (Å²) in [5, 5.41) is 0. The molecule has 0 aliphatic rings. The van der Waals surface area contributed by atoms with E-state index in [2.05, 4.69) is 32.7 Å². The zero-order chi connectivity index (χ0) is 13.7. The molecule has 2 atom stereocenters. The lowest BCUT2D eigenvalue weighted by Crippen LogP contribution is -2.32. The Morgan fingerprint density at radius 2 is 1.12 bits per heavy atom. The normalized spacial score (nSPS) is 16.9. The predicted octanol–water partition coefficient (Wildman–Crippen LogP) is 3.66. The van der Waals surface area contributed by atoms with Crippen LogP contribution >= 0.6 is 23.2 Å². The Bertz CT molecular complexity index is 204. The Morgan fingerprint density at radius 3 is 1.35 bits per heavy atom. The van der Waals surface area contributed by atoms with Crippen molar-refractivity contribution in [2.75, 3.05) is 13.2 Å². The fourth-order valence-corrected chi connectivity index (χ4v) is 0.727. The van der Waals surface area contributed by atoms with Crippen molar-refractivity contribution >= 4 is 23.2 Å². The van der Waals surface area contributed by atoms with Gasteiger partial charge in [0.15, 0.2) is 0 Å². The molecule has 2 nitrogen and oxygen atoms in total. The Balaban J connectivity index is 3.74. The molecule has 0 fully saturated rings. The van der Waals surface area contributed by atoms with Crippen molar-refractivity contribution in [2.45, 2.75) is 29.9 Å². The quantitative estimate of drug-likeness (QED) is 0.387. The van der Waals surface area contributed by atoms with E-state index in [9.17, 15) is 26.3 Å². The molecule has 0 saturated heterocycles. The van der Waals surface area contributed by atoms with Crippen molar-refractivity contribution in [1.82, 2.24) is 0 Å². The molecule has 0 aromatic rings. The molecule has 17 heavy (non-hydrogen) atoms. The lowest BCUT2D eigenvalue weighted by atomic mass is 10.5. The van der Waals surface area contributed by atoms with Gasteiger partial charge in [0.2, 0.25) is 0 Å². The number of rotatable bonds is 8. The second kappa shape index (κ2) is 6.86. The van der Waals surface area contributed by atoms with Gasteiger partial charge in [0, 0.05) is 0 Å². The maximum absolute atomic E-state index is 12.3. The minimum Gasteiger partial charge on any atom is -0.317 e. The van der Waals surface area contributed by atoms with E-state index < -0.39 is 43.1 Å². The van der Waals surface area contributed by atoms with Crippen molar-refractivity contribution in [1.29, 1.82) is 0 Å². The average molecular weight is 309 g/mol. The SMILES string of the molecule is FC(Cl)C(F)(F)OCCCOC(F)(F)C(F)Cl. The van der Waals surface area contributed by atoms with Crippen molar-refractivity contribution < 1.29 is 35.8 Å². The fraction of sp³-hybridized carbons (Fsp3) is 1.00. The minimum absolute atomic E-state index is 0.446. The van der Waals surface area contributed by atoms with Gasteiger partial charge < -0.3 is 9.47 Å². The van der Waals surface area contributed by atoms with Gasteiger partial charge in [-0.25, -0.2) is 8.78 Å². The van der Waals surface area contributed by atoms with E-state index in [-0.39, 0.29) is 0 Å². The van der Waals surface area contributed by atoms with Gasteiger partial charge in [-0.2, -0.15) is 17.6 Å². The first-order valence-corrected chi connectivity index (χ1v) is 5.06. The molecule has 0 amide bonds. The van der Waals surface area contributed by atoms with Gasteiger partial charge in [-0.3, -0.25) is 0 Å². The highest BCUT2D eigenvalue weighted by atomic mass is 35.5. The first-order valence-electron chi connectivity index (χ1n) is 4.19. The third kappa shape index (κ3) is 6.54. The molecule has 0 N–H and O–H groups in total. The third-order valence-electron chi connectivity index (χ3n) is 1.39. The third-order valence-corrected chi connectivity index (χ3v) is 1.89. The van der Waals surface area contributed by atoms with Crippen LogP contribution in [0.5, 0.6) is 0 Å². The summed E-state index contributed by atoms with van der Waals surface area (Å²) in [5.41, 5.74) is -6.11. The summed E-state index contributed by atoms with van der Waals surface area (Å²) in [7, 11) is 0. The fourth-order valence-electron chi connectivity index (χ4n) is 0.601. The molecule has 104 valence electrons. The second-order valence-electron chi connectivity index (χ2n) is 2.78. The first-order chi connectivity index (χ1) is 7.59. The topological polar surface area (TPSA) is 18.5 Å². The zero-order valence-electron chi connectivity index (χ0n) is 8.12. The Hall–Kier alpha value is 0.0800. The molecule has 0 bridgehead atoms. The number of hydrogen-bond acceptors (Lipinski definition) is 2. The van der Waals surface area contributed by atoms with Crippen molar-refractivity contribution in [2.24, 2.45) is 0 Å². The molecule has 10 heteroatoms. The van der Waals surface area contributed by atoms with Gasteiger partial charge in [-0.15, -0.1) is 0 Å². The standard InChI is InChI=1S/C7H8Cl2F6O2/c8-4(10)6(12,13)16-2-1-3-17-7(14,15)5(9)11/h4-5H,1-3H2. The van der Waals surface area contributed by atoms with E-state index >= 15 is 0 Å². The molecule has 2 unspecified atom stereocenters. The maximum atomic E-state index is 12.3. The van der Waals surface area contributed by atoms with Gasteiger partial charge in [-0.1, -0.05) is 23.2 Å². The van der Waals surface area contributed by atoms with Crippen LogP contribution in [-0.2, 0) is 9.47 Å². The van der Waals surface area contributed by atoms with Crippen molar-refractivity contribution in [3.05, 3.63) is 0 Å². The van der Waals surface area contributed by atoms with Gasteiger partial charge in [0.1, 0.15) is 0 Å². The summed E-state index contributed by atoms with van der Waals surface area (Å²) in [4.78, 5) is 0. The van der Waals surface area contributed by atoms with Crippen LogP contribution in [0.3, 0.4) is 0 Å². The van der Waals surface area contributed by atoms with Crippen molar-refractivity contribution in [3.63, 3.8) is 0 Å². The number of alkyl halides is 8. The molecule has 0 aromatic carbocycles. The van der Waals surface area contributed by atoms with E-state index in [1.807, 2.05) is 0 Å². The number of halogens is 8. The van der Waals surface area contributed by atoms with Crippen LogP contribution in [0.15, 0.2) is 0 Å². The predicted molar refractivity (Wildman–Crippen MR) is 47.9 cm³/mol. The van der Waals surface area contributed by atoms with Crippen molar-refractivity contribution in [3.8, 4) is 0 Å². The van der Waals surface area contributed by atoms with E-state index in [1.54, 1.807) is 0 Å². The summed E-state index contributed by atoms with van der Waals surface area (Å²) in [6.07, 6.45) is -8.89. The molecule has 0 radical (unpaired) electrons. The van der Waals surface area contributed by atoms with Gasteiger partial charge in [-0.05, 0) is 6.42 Å². The summed E-state index contributed by atoms with van der Waals surface area (Å²) in [6.45, 7) is -1.59. The lowest BCUT2D eigenvalue weighted by Gasteiger charge is -2.18. The smallest absolute Gasteiger partial charge is 0.317 e. The lowest BCUT2D eigenvalue weighted by molar-refractivity contribution is -0.271. The van der Waals surface area contributed by atoms with Crippen LogP contribution in [0.25, 0.3) is 0 Å². The summed E-state index contributed by atoms with van der Waals surface area (Å²) >= 11 is 8.87. The number of hydrogen-bond donors (Lipinski definition) is 0. The van der Waals surface area contributed by atoms with Crippen LogP contribution in [-0.4, -0.2) is 36.7 Å². The highest BCUT2D eigenvalue weighted by molar-refractivity contribution is 6.20. The second-order valence-corrected chi connectivity index (χ2v) is 3.54. The molecule has 0 spiro atoms. The molecule has 0 saturated carbocycles. The number of ether oxygens (including phenoxy) is 2. The molecule has 0 aliphatic heterocycles. The van der Waals surface area contributed by atoms with E-state index in [4.69, 9.17) is 0 Å². The summed E-state index contributed by atoms with van der Waals surface area (Å²) in [6, 6.07) is 0. The van der Waals surface area contributed by atoms with Crippen LogP contribution < -0.4 is 0 Å². The first kappa shape index (κ1) is 17.1. The molecule has 0 aromatic heterocycles. The molecule has 0 aliphatic carbocycles. The largest absolute Gasteiger partial charge is 0.400 e. The average Bonchev–Trinajstić information content (AvgIpc) is 2.16. The highest BCUT2D eigenvalue weighted by Crippen LogP contribution is 2.27. The van der Waals surface area contributed by atoms with Crippen LogP contribution in [0.2, 0.25) is 0 Å². The monoisotopic (exact) mass is 308 g/mol. The van der Waals surface area contributed by atoms with Gasteiger partial charge >= 0.3 is 12.2 Å². The molecule has 0 rings (SSSR count). The molecular formula is C7H8Cl2F6O2. The Kier molecular flexibility index (Phi) is 6.90.